The molecule has 2 N–H and O–H groups in total. The van der Waals surface area contributed by atoms with Crippen LogP contribution in [0.3, 0.4) is 0 Å². The summed E-state index contributed by atoms with van der Waals surface area (Å²) in [7, 11) is 1.75. The molecule has 0 saturated heterocycles. The number of nitrogens with zero attached hydrogens (tertiary/aromatic N) is 1. The topological polar surface area (TPSA) is 69.6 Å². The summed E-state index contributed by atoms with van der Waals surface area (Å²) in [6.45, 7) is 6.25. The van der Waals surface area contributed by atoms with Gasteiger partial charge in [0.05, 0.1) is 5.41 Å². The Morgan fingerprint density at radius 3 is 2.26 bits per heavy atom. The highest BCUT2D eigenvalue weighted by Gasteiger charge is 2.41. The molecule has 0 atom stereocenters. The third-order valence-electron chi connectivity index (χ3n) is 4.67. The fourth-order valence-electron chi connectivity index (χ4n) is 2.39. The van der Waals surface area contributed by atoms with E-state index in [1.807, 2.05) is 20.8 Å². The van der Waals surface area contributed by atoms with Crippen molar-refractivity contribution in [1.82, 2.24) is 10.2 Å². The number of carboxylic acids is 1. The van der Waals surface area contributed by atoms with E-state index in [2.05, 4.69) is 5.32 Å². The van der Waals surface area contributed by atoms with Crippen LogP contribution >= 0.6 is 0 Å². The number of nitrogens with one attached hydrogen (secondary N) is 1. The summed E-state index contributed by atoms with van der Waals surface area (Å²) in [5.74, 6) is -0.789. The Labute approximate surface area is 115 Å². The maximum absolute atomic E-state index is 12.1. The number of carboxylic acid groups (broad SMARTS) is 1. The van der Waals surface area contributed by atoms with Crippen LogP contribution in [0, 0.1) is 5.41 Å². The Kier molecular flexibility index (Phi) is 4.82. The molecule has 1 fully saturated rings. The normalized spacial score (nSPS) is 18.1. The summed E-state index contributed by atoms with van der Waals surface area (Å²) >= 11 is 0. The molecule has 5 heteroatoms. The Morgan fingerprint density at radius 2 is 1.84 bits per heavy atom. The van der Waals surface area contributed by atoms with Gasteiger partial charge in [-0.25, -0.2) is 4.79 Å². The lowest BCUT2D eigenvalue weighted by Gasteiger charge is -2.35. The fraction of sp³-hybridized carbons (Fsp3) is 0.857. The minimum Gasteiger partial charge on any atom is -0.481 e. The highest BCUT2D eigenvalue weighted by atomic mass is 16.4. The standard InChI is InChI=1S/C14H26N2O3/c1-5-13(2,3)16(4)12(19)15-10-14(11(17)18)8-6-7-9-14/h5-10H2,1-4H3,(H,15,19)(H,17,18). The highest BCUT2D eigenvalue weighted by Crippen LogP contribution is 2.37. The Balaban J connectivity index is 2.61. The molecule has 0 aromatic rings. The predicted octanol–water partition coefficient (Wildman–Crippen LogP) is 2.46. The van der Waals surface area contributed by atoms with Crippen LogP contribution in [0.5, 0.6) is 0 Å². The van der Waals surface area contributed by atoms with Gasteiger partial charge < -0.3 is 15.3 Å². The Morgan fingerprint density at radius 1 is 1.32 bits per heavy atom. The molecule has 0 radical (unpaired) electrons. The molecular formula is C14H26N2O3. The van der Waals surface area contributed by atoms with Gasteiger partial charge in [0.2, 0.25) is 0 Å². The lowest BCUT2D eigenvalue weighted by atomic mass is 9.86. The molecule has 0 heterocycles. The third kappa shape index (κ3) is 3.39. The van der Waals surface area contributed by atoms with Crippen LogP contribution in [0.4, 0.5) is 4.79 Å². The van der Waals surface area contributed by atoms with Crippen molar-refractivity contribution < 1.29 is 14.7 Å². The van der Waals surface area contributed by atoms with E-state index in [-0.39, 0.29) is 18.1 Å². The molecule has 0 spiro atoms. The van der Waals surface area contributed by atoms with Crippen molar-refractivity contribution in [1.29, 1.82) is 0 Å². The third-order valence-corrected chi connectivity index (χ3v) is 4.67. The molecule has 0 aliphatic heterocycles. The van der Waals surface area contributed by atoms with E-state index in [1.165, 1.54) is 0 Å². The molecule has 5 nitrogen and oxygen atoms in total. The van der Waals surface area contributed by atoms with Crippen molar-refractivity contribution in [2.45, 2.75) is 58.4 Å². The highest BCUT2D eigenvalue weighted by molar-refractivity contribution is 5.78. The van der Waals surface area contributed by atoms with E-state index < -0.39 is 11.4 Å². The van der Waals surface area contributed by atoms with Gasteiger partial charge in [0.15, 0.2) is 0 Å². The van der Waals surface area contributed by atoms with E-state index in [9.17, 15) is 14.7 Å². The van der Waals surface area contributed by atoms with Crippen molar-refractivity contribution in [3.63, 3.8) is 0 Å². The quantitative estimate of drug-likeness (QED) is 0.806. The van der Waals surface area contributed by atoms with Crippen LogP contribution in [-0.4, -0.2) is 41.1 Å². The zero-order valence-electron chi connectivity index (χ0n) is 12.5. The minimum atomic E-state index is -0.789. The summed E-state index contributed by atoms with van der Waals surface area (Å²) in [5.41, 5.74) is -0.983. The number of hydrogen-bond donors (Lipinski definition) is 2. The summed E-state index contributed by atoms with van der Waals surface area (Å²) in [6.07, 6.45) is 4.02. The monoisotopic (exact) mass is 270 g/mol. The number of aliphatic carboxylic acids is 1. The molecule has 1 rings (SSSR count). The van der Waals surface area contributed by atoms with Crippen molar-refractivity contribution >= 4 is 12.0 Å². The average Bonchev–Trinajstić information content (AvgIpc) is 2.85. The summed E-state index contributed by atoms with van der Waals surface area (Å²) < 4.78 is 0. The van der Waals surface area contributed by atoms with Gasteiger partial charge in [0.1, 0.15) is 0 Å². The van der Waals surface area contributed by atoms with Gasteiger partial charge in [-0.3, -0.25) is 4.79 Å². The van der Waals surface area contributed by atoms with E-state index >= 15 is 0 Å². The van der Waals surface area contributed by atoms with Crippen LogP contribution in [-0.2, 0) is 4.79 Å². The number of amides is 2. The maximum Gasteiger partial charge on any atom is 0.317 e. The second-order valence-corrected chi connectivity index (χ2v) is 6.18. The van der Waals surface area contributed by atoms with Gasteiger partial charge in [-0.2, -0.15) is 0 Å². The molecule has 1 aliphatic rings. The van der Waals surface area contributed by atoms with Crippen molar-refractivity contribution in [2.75, 3.05) is 13.6 Å². The number of carbonyl (C=O) groups excluding carboxylic acids is 1. The number of rotatable bonds is 5. The molecule has 0 aromatic carbocycles. The molecule has 110 valence electrons. The molecule has 0 unspecified atom stereocenters. The molecule has 0 bridgehead atoms. The first-order chi connectivity index (χ1) is 8.75. The molecule has 1 saturated carbocycles. The molecule has 0 aromatic heterocycles. The van der Waals surface area contributed by atoms with Gasteiger partial charge in [0.25, 0.3) is 0 Å². The lowest BCUT2D eigenvalue weighted by molar-refractivity contribution is -0.148. The number of hydrogen-bond acceptors (Lipinski definition) is 2. The van der Waals surface area contributed by atoms with Crippen molar-refractivity contribution in [2.24, 2.45) is 5.41 Å². The fourth-order valence-corrected chi connectivity index (χ4v) is 2.39. The van der Waals surface area contributed by atoms with Gasteiger partial charge in [0, 0.05) is 19.1 Å². The smallest absolute Gasteiger partial charge is 0.317 e. The van der Waals surface area contributed by atoms with Gasteiger partial charge in [-0.05, 0) is 33.1 Å². The molecule has 1 aliphatic carbocycles. The van der Waals surface area contributed by atoms with E-state index in [1.54, 1.807) is 11.9 Å². The number of carbonyl (C=O) groups is 2. The zero-order chi connectivity index (χ0) is 14.7. The first kappa shape index (κ1) is 15.8. The predicted molar refractivity (Wildman–Crippen MR) is 74.1 cm³/mol. The van der Waals surface area contributed by atoms with Crippen LogP contribution in [0.15, 0.2) is 0 Å². The maximum atomic E-state index is 12.1. The number of urea groups is 1. The average molecular weight is 270 g/mol. The molecule has 19 heavy (non-hydrogen) atoms. The Bertz CT molecular complexity index is 347. The SMILES string of the molecule is CCC(C)(C)N(C)C(=O)NCC1(C(=O)O)CCCC1. The van der Waals surface area contributed by atoms with Crippen LogP contribution in [0.1, 0.15) is 52.9 Å². The second kappa shape index (κ2) is 5.80. The van der Waals surface area contributed by atoms with Crippen LogP contribution in [0.25, 0.3) is 0 Å². The first-order valence-corrected chi connectivity index (χ1v) is 7.00. The van der Waals surface area contributed by atoms with Crippen molar-refractivity contribution in [3.8, 4) is 0 Å². The largest absolute Gasteiger partial charge is 0.481 e. The summed E-state index contributed by atoms with van der Waals surface area (Å²) in [4.78, 5) is 25.1. The van der Waals surface area contributed by atoms with Crippen LogP contribution < -0.4 is 5.32 Å². The van der Waals surface area contributed by atoms with Crippen LogP contribution in [0.2, 0.25) is 0 Å². The first-order valence-electron chi connectivity index (χ1n) is 7.00. The minimum absolute atomic E-state index is 0.195. The lowest BCUT2D eigenvalue weighted by Crippen LogP contribution is -2.52. The second-order valence-electron chi connectivity index (χ2n) is 6.18. The van der Waals surface area contributed by atoms with Crippen molar-refractivity contribution in [3.05, 3.63) is 0 Å². The van der Waals surface area contributed by atoms with E-state index in [4.69, 9.17) is 0 Å². The summed E-state index contributed by atoms with van der Waals surface area (Å²) in [5, 5.41) is 12.1. The van der Waals surface area contributed by atoms with Gasteiger partial charge in [-0.1, -0.05) is 19.8 Å². The Hall–Kier alpha value is -1.26. The molecular weight excluding hydrogens is 244 g/mol. The molecule has 2 amide bonds. The zero-order valence-corrected chi connectivity index (χ0v) is 12.5. The summed E-state index contributed by atoms with van der Waals surface area (Å²) in [6, 6.07) is -0.195. The van der Waals surface area contributed by atoms with Gasteiger partial charge in [-0.15, -0.1) is 0 Å². The van der Waals surface area contributed by atoms with E-state index in [0.717, 1.165) is 19.3 Å². The van der Waals surface area contributed by atoms with E-state index in [0.29, 0.717) is 12.8 Å². The van der Waals surface area contributed by atoms with Gasteiger partial charge >= 0.3 is 12.0 Å².